The van der Waals surface area contributed by atoms with Gasteiger partial charge < -0.3 is 5.21 Å². The fourth-order valence-electron chi connectivity index (χ4n) is 0.115. The van der Waals surface area contributed by atoms with E-state index in [2.05, 4.69) is 10.4 Å². The van der Waals surface area contributed by atoms with Crippen LogP contribution in [0.3, 0.4) is 0 Å². The van der Waals surface area contributed by atoms with Crippen LogP contribution in [0.15, 0.2) is 0 Å². The van der Waals surface area contributed by atoms with Crippen molar-refractivity contribution in [1.29, 1.82) is 0 Å². The Morgan fingerprint density at radius 3 is 2.71 bits per heavy atom. The summed E-state index contributed by atoms with van der Waals surface area (Å²) in [7, 11) is 1.26. The van der Waals surface area contributed by atoms with Crippen molar-refractivity contribution in [1.82, 2.24) is 10.7 Å². The van der Waals surface area contributed by atoms with Crippen LogP contribution in [0.25, 0.3) is 0 Å². The van der Waals surface area contributed by atoms with Crippen molar-refractivity contribution >= 4 is 22.6 Å². The first kappa shape index (κ1) is 7.57. The number of halogens is 1. The van der Waals surface area contributed by atoms with Gasteiger partial charge in [-0.05, 0) is 0 Å². The Labute approximate surface area is 55.4 Å². The van der Waals surface area contributed by atoms with Crippen molar-refractivity contribution in [3.63, 3.8) is 0 Å². The lowest BCUT2D eigenvalue weighted by molar-refractivity contribution is -0.153. The molecule has 44 valence electrons. The van der Waals surface area contributed by atoms with Gasteiger partial charge in [-0.2, -0.15) is 5.48 Å². The zero-order valence-electron chi connectivity index (χ0n) is 3.85. The van der Waals surface area contributed by atoms with E-state index in [1.54, 1.807) is 0 Å². The molecule has 0 heterocycles. The van der Waals surface area contributed by atoms with Crippen LogP contribution in [-0.2, 0) is 4.94 Å². The van der Waals surface area contributed by atoms with Crippen LogP contribution in [0.5, 0.6) is 0 Å². The number of hydrogen-bond acceptors (Lipinski definition) is 4. The third-order valence-corrected chi connectivity index (χ3v) is 0.559. The molecule has 0 saturated heterocycles. The summed E-state index contributed by atoms with van der Waals surface area (Å²) in [6, 6.07) is 0. The molecule has 0 aromatic heterocycles. The van der Waals surface area contributed by atoms with Crippen LogP contribution in [0.1, 0.15) is 0 Å². The van der Waals surface area contributed by atoms with Crippen molar-refractivity contribution in [2.75, 3.05) is 11.6 Å². The summed E-state index contributed by atoms with van der Waals surface area (Å²) in [6.07, 6.45) is 0. The zero-order valence-corrected chi connectivity index (χ0v) is 6.01. The van der Waals surface area contributed by atoms with Crippen molar-refractivity contribution in [3.8, 4) is 0 Å². The highest BCUT2D eigenvalue weighted by Gasteiger charge is 1.75. The zero-order chi connectivity index (χ0) is 5.70. The monoisotopic (exact) mass is 217 g/mol. The first-order valence-electron chi connectivity index (χ1n) is 1.64. The summed E-state index contributed by atoms with van der Waals surface area (Å²) in [5, 5.41) is 10.2. The molecule has 4 nitrogen and oxygen atoms in total. The van der Waals surface area contributed by atoms with Gasteiger partial charge in [-0.25, -0.2) is 10.2 Å². The van der Waals surface area contributed by atoms with Crippen LogP contribution >= 0.6 is 22.6 Å². The van der Waals surface area contributed by atoms with E-state index in [0.29, 0.717) is 9.78 Å². The number of rotatable bonds is 3. The Morgan fingerprint density at radius 1 is 2.00 bits per heavy atom. The van der Waals surface area contributed by atoms with Gasteiger partial charge in [0.1, 0.15) is 0 Å². The van der Waals surface area contributed by atoms with E-state index < -0.39 is 0 Å². The fourth-order valence-corrected chi connectivity index (χ4v) is 0.255. The van der Waals surface area contributed by atoms with Gasteiger partial charge in [0.2, 0.25) is 0 Å². The average molecular weight is 217 g/mol. The Bertz CT molecular complexity index is 42.7. The van der Waals surface area contributed by atoms with Gasteiger partial charge in [0.05, 0.1) is 4.55 Å². The van der Waals surface area contributed by atoms with Gasteiger partial charge in [0.25, 0.3) is 0 Å². The predicted molar refractivity (Wildman–Crippen MR) is 34.2 cm³/mol. The van der Waals surface area contributed by atoms with Crippen molar-refractivity contribution in [2.24, 2.45) is 0 Å². The maximum absolute atomic E-state index is 9.83. The Hall–Kier alpha value is 0.570. The Morgan fingerprint density at radius 2 is 2.57 bits per heavy atom. The second kappa shape index (κ2) is 4.72. The largest absolute Gasteiger partial charge is 0.761 e. The first-order valence-corrected chi connectivity index (χ1v) is 3.16. The van der Waals surface area contributed by atoms with Crippen molar-refractivity contribution < 1.29 is 4.94 Å². The summed E-state index contributed by atoms with van der Waals surface area (Å²) < 4.78 is 0.602. The number of hydrogen-bond donors (Lipinski definition) is 1. The molecule has 0 unspecified atom stereocenters. The topological polar surface area (TPSA) is 47.6 Å². The van der Waals surface area contributed by atoms with E-state index in [0.717, 1.165) is 0 Å². The normalized spacial score (nSPS) is 10.3. The molecule has 0 spiro atoms. The van der Waals surface area contributed by atoms with Crippen LogP contribution < -0.4 is 5.48 Å². The summed E-state index contributed by atoms with van der Waals surface area (Å²) in [5.74, 6) is 0. The molecule has 5 heteroatoms. The Kier molecular flexibility index (Phi) is 5.11. The lowest BCUT2D eigenvalue weighted by Gasteiger charge is -2.19. The minimum absolute atomic E-state index is 0.346. The van der Waals surface area contributed by atoms with E-state index in [1.807, 2.05) is 22.6 Å². The smallest absolute Gasteiger partial charge is 0.0746 e. The molecule has 0 amide bonds. The molecule has 7 heavy (non-hydrogen) atoms. The first-order chi connectivity index (χ1) is 3.27. The fraction of sp³-hybridized carbons (Fsp3) is 1.00. The molecule has 0 aliphatic heterocycles. The molecule has 0 atom stereocenters. The van der Waals surface area contributed by atoms with E-state index >= 15 is 0 Å². The third-order valence-electron chi connectivity index (χ3n) is 0.248. The molecule has 0 bridgehead atoms. The van der Waals surface area contributed by atoms with Crippen molar-refractivity contribution in [2.45, 2.75) is 0 Å². The van der Waals surface area contributed by atoms with Gasteiger partial charge in [0.15, 0.2) is 0 Å². The summed E-state index contributed by atoms with van der Waals surface area (Å²) in [5.41, 5.74) is 2.35. The Balaban J connectivity index is 2.68. The van der Waals surface area contributed by atoms with E-state index in [4.69, 9.17) is 0 Å². The minimum Gasteiger partial charge on any atom is -0.761 e. The summed E-state index contributed by atoms with van der Waals surface area (Å²) >= 11 is 2.02. The molecule has 0 aromatic rings. The summed E-state index contributed by atoms with van der Waals surface area (Å²) in [6.45, 7) is 0. The van der Waals surface area contributed by atoms with E-state index in [1.165, 1.54) is 7.05 Å². The molecular weight excluding hydrogens is 211 g/mol. The maximum atomic E-state index is 9.83. The molecule has 0 aromatic carbocycles. The van der Waals surface area contributed by atoms with Gasteiger partial charge in [-0.1, -0.05) is 22.6 Å². The van der Waals surface area contributed by atoms with Crippen molar-refractivity contribution in [3.05, 3.63) is 5.21 Å². The van der Waals surface area contributed by atoms with Gasteiger partial charge >= 0.3 is 0 Å². The minimum atomic E-state index is 0.346. The quantitative estimate of drug-likeness (QED) is 0.318. The standard InChI is InChI=1S/C2H6IN2O2/c1-5(6)7-4-2-3/h4H,2H2,1H3/q-1. The van der Waals surface area contributed by atoms with Crippen LogP contribution in [-0.4, -0.2) is 16.8 Å². The number of nitrogens with one attached hydrogen (secondary N) is 1. The molecule has 0 fully saturated rings. The third kappa shape index (κ3) is 6.57. The maximum Gasteiger partial charge on any atom is 0.0746 e. The van der Waals surface area contributed by atoms with E-state index in [-0.39, 0.29) is 0 Å². The van der Waals surface area contributed by atoms with Crippen LogP contribution in [0, 0.1) is 5.21 Å². The molecule has 0 saturated carbocycles. The number of nitrogens with zero attached hydrogens (tertiary/aromatic N) is 1. The molecule has 0 rings (SSSR count). The summed E-state index contributed by atoms with van der Waals surface area (Å²) in [4.78, 5) is 4.21. The van der Waals surface area contributed by atoms with Crippen LogP contribution in [0.4, 0.5) is 0 Å². The highest BCUT2D eigenvalue weighted by Crippen LogP contribution is 1.76. The van der Waals surface area contributed by atoms with E-state index in [9.17, 15) is 5.21 Å². The second-order valence-corrected chi connectivity index (χ2v) is 1.57. The molecular formula is C2H6IN2O2-. The molecule has 0 aliphatic carbocycles. The molecule has 1 N–H and O–H groups in total. The predicted octanol–water partition coefficient (Wildman–Crippen LogP) is 0.245. The van der Waals surface area contributed by atoms with Gasteiger partial charge in [-0.3, -0.25) is 0 Å². The highest BCUT2D eigenvalue weighted by molar-refractivity contribution is 14.1. The van der Waals surface area contributed by atoms with Gasteiger partial charge in [0, 0.05) is 7.05 Å². The SMILES string of the molecule is CN([O-])ONCI. The lowest BCUT2D eigenvalue weighted by atomic mass is 11.5. The number of hydroxylamine groups is 3. The van der Waals surface area contributed by atoms with Crippen LogP contribution in [0.2, 0.25) is 0 Å². The lowest BCUT2D eigenvalue weighted by Crippen LogP contribution is -2.21. The highest BCUT2D eigenvalue weighted by atomic mass is 127. The second-order valence-electron chi connectivity index (χ2n) is 0.809. The van der Waals surface area contributed by atoms with Gasteiger partial charge in [-0.15, -0.1) is 0 Å². The average Bonchev–Trinajstić information content (AvgIpc) is 1.61. The molecule has 0 radical (unpaired) electrons. The molecule has 0 aliphatic rings. The number of alkyl halides is 1.